The molecule has 0 aromatic heterocycles. The number of benzene rings is 2. The fraction of sp³-hybridized carbons (Fsp3) is 0.458. The number of hydrogen-bond donors (Lipinski definition) is 1. The Hall–Kier alpha value is -2.13. The van der Waals surface area contributed by atoms with Crippen LogP contribution < -0.4 is 0 Å². The topological polar surface area (TPSA) is 40.5 Å². The van der Waals surface area contributed by atoms with E-state index < -0.39 is 0 Å². The molecule has 3 fully saturated rings. The number of phenolic OH excluding ortho intramolecular Hbond substituents is 1. The van der Waals surface area contributed by atoms with Crippen molar-refractivity contribution in [1.82, 2.24) is 4.90 Å². The van der Waals surface area contributed by atoms with Gasteiger partial charge in [-0.1, -0.05) is 43.3 Å². The molecular formula is C24H27NO2. The van der Waals surface area contributed by atoms with Crippen LogP contribution in [0, 0.1) is 11.8 Å². The van der Waals surface area contributed by atoms with Gasteiger partial charge in [-0.3, -0.25) is 9.69 Å². The highest BCUT2D eigenvalue weighted by Gasteiger charge is 2.60. The van der Waals surface area contributed by atoms with Crippen molar-refractivity contribution in [3.05, 3.63) is 65.2 Å². The second-order valence-electron chi connectivity index (χ2n) is 9.02. The van der Waals surface area contributed by atoms with Crippen molar-refractivity contribution in [3.8, 4) is 5.75 Å². The Morgan fingerprint density at radius 3 is 2.70 bits per heavy atom. The molecule has 0 amide bonds. The van der Waals surface area contributed by atoms with Crippen LogP contribution in [-0.2, 0) is 23.2 Å². The highest BCUT2D eigenvalue weighted by molar-refractivity contribution is 5.79. The predicted molar refractivity (Wildman–Crippen MR) is 106 cm³/mol. The number of phenols is 1. The van der Waals surface area contributed by atoms with Crippen LogP contribution in [-0.4, -0.2) is 27.9 Å². The third kappa shape index (κ3) is 2.48. The lowest BCUT2D eigenvalue weighted by Crippen LogP contribution is -2.69. The Balaban J connectivity index is 1.59. The summed E-state index contributed by atoms with van der Waals surface area (Å²) in [4.78, 5) is 15.1. The molecule has 2 aliphatic heterocycles. The van der Waals surface area contributed by atoms with Gasteiger partial charge in [0, 0.05) is 24.5 Å². The molecule has 3 heteroatoms. The molecule has 0 spiro atoms. The maximum Gasteiger partial charge on any atom is 0.134 e. The van der Waals surface area contributed by atoms with Gasteiger partial charge >= 0.3 is 0 Å². The molecule has 4 bridgehead atoms. The van der Waals surface area contributed by atoms with Crippen molar-refractivity contribution in [3.63, 3.8) is 0 Å². The second-order valence-corrected chi connectivity index (χ2v) is 9.02. The van der Waals surface area contributed by atoms with E-state index >= 15 is 0 Å². The first kappa shape index (κ1) is 17.0. The standard InChI is InChI=1S/C24H27NO2/c1-15(26)19-12-21-22-10-17-8-9-18(27)11-20(17)24(21,2)13-23(19)25(22)14-16-6-4-3-5-7-16/h3-9,11,19,21-23,27H,10,12-14H2,1-2H3/t19?,21?,22?,23?,24-/m1/s1. The summed E-state index contributed by atoms with van der Waals surface area (Å²) in [5.74, 6) is 1.30. The summed E-state index contributed by atoms with van der Waals surface area (Å²) < 4.78 is 0. The van der Waals surface area contributed by atoms with Crippen molar-refractivity contribution < 1.29 is 9.90 Å². The quantitative estimate of drug-likeness (QED) is 0.896. The summed E-state index contributed by atoms with van der Waals surface area (Å²) in [6, 6.07) is 17.3. The Labute approximate surface area is 161 Å². The predicted octanol–water partition coefficient (Wildman–Crippen LogP) is 4.07. The number of Topliss-reactive ketones (excluding diaryl/α,β-unsaturated/α-hetero) is 1. The largest absolute Gasteiger partial charge is 0.508 e. The van der Waals surface area contributed by atoms with Crippen molar-refractivity contribution in [1.29, 1.82) is 0 Å². The Morgan fingerprint density at radius 1 is 1.19 bits per heavy atom. The third-order valence-corrected chi connectivity index (χ3v) is 7.61. The van der Waals surface area contributed by atoms with Gasteiger partial charge in [0.2, 0.25) is 0 Å². The fourth-order valence-corrected chi connectivity index (χ4v) is 6.36. The minimum Gasteiger partial charge on any atom is -0.508 e. The molecule has 0 radical (unpaired) electrons. The van der Waals surface area contributed by atoms with Gasteiger partial charge in [0.05, 0.1) is 0 Å². The highest BCUT2D eigenvalue weighted by Crippen LogP contribution is 2.58. The van der Waals surface area contributed by atoms with Crippen molar-refractivity contribution in [2.75, 3.05) is 0 Å². The lowest BCUT2D eigenvalue weighted by atomic mass is 9.49. The van der Waals surface area contributed by atoms with Crippen LogP contribution in [0.4, 0.5) is 0 Å². The van der Waals surface area contributed by atoms with Crippen LogP contribution >= 0.6 is 0 Å². The van der Waals surface area contributed by atoms with Gasteiger partial charge in [-0.05, 0) is 66.3 Å². The van der Waals surface area contributed by atoms with Crippen LogP contribution in [0.3, 0.4) is 0 Å². The molecule has 4 aliphatic rings. The maximum absolute atomic E-state index is 12.4. The molecule has 4 unspecified atom stereocenters. The van der Waals surface area contributed by atoms with Crippen molar-refractivity contribution in [2.24, 2.45) is 11.8 Å². The molecule has 27 heavy (non-hydrogen) atoms. The minimum atomic E-state index is 0.0563. The number of fused-ring (bicyclic) bond motifs is 2. The van der Waals surface area contributed by atoms with Gasteiger partial charge in [-0.25, -0.2) is 0 Å². The summed E-state index contributed by atoms with van der Waals surface area (Å²) in [7, 11) is 0. The van der Waals surface area contributed by atoms with Crippen LogP contribution in [0.25, 0.3) is 0 Å². The fourth-order valence-electron chi connectivity index (χ4n) is 6.36. The van der Waals surface area contributed by atoms with E-state index in [0.29, 0.717) is 29.5 Å². The Kier molecular flexibility index (Phi) is 3.74. The zero-order chi connectivity index (χ0) is 18.8. The summed E-state index contributed by atoms with van der Waals surface area (Å²) in [5, 5.41) is 10.1. The maximum atomic E-state index is 12.4. The van der Waals surface area contributed by atoms with Gasteiger partial charge in [0.25, 0.3) is 0 Å². The minimum absolute atomic E-state index is 0.0563. The van der Waals surface area contributed by atoms with E-state index in [1.807, 2.05) is 12.1 Å². The molecule has 2 aromatic carbocycles. The number of carbonyl (C=O) groups excluding carboxylic acids is 1. The van der Waals surface area contributed by atoms with Crippen LogP contribution in [0.2, 0.25) is 0 Å². The highest BCUT2D eigenvalue weighted by atomic mass is 16.3. The Morgan fingerprint density at radius 2 is 1.96 bits per heavy atom. The van der Waals surface area contributed by atoms with Gasteiger partial charge in [0.15, 0.2) is 0 Å². The number of hydrogen-bond acceptors (Lipinski definition) is 3. The van der Waals surface area contributed by atoms with E-state index in [-0.39, 0.29) is 11.3 Å². The first-order chi connectivity index (χ1) is 13.0. The SMILES string of the molecule is CC(=O)C1CC2C3Cc4ccc(O)cc4[C@@]2(C)CC1N3Cc1ccccc1. The molecule has 5 atom stereocenters. The van der Waals surface area contributed by atoms with Gasteiger partial charge < -0.3 is 5.11 Å². The number of rotatable bonds is 3. The molecule has 2 saturated heterocycles. The number of piperidine rings is 2. The smallest absolute Gasteiger partial charge is 0.134 e. The normalized spacial score (nSPS) is 34.3. The van der Waals surface area contributed by atoms with E-state index in [9.17, 15) is 9.90 Å². The van der Waals surface area contributed by atoms with E-state index in [0.717, 1.165) is 25.8 Å². The zero-order valence-electron chi connectivity index (χ0n) is 16.1. The summed E-state index contributed by atoms with van der Waals surface area (Å²) >= 11 is 0. The number of carbonyl (C=O) groups is 1. The molecule has 2 aliphatic carbocycles. The second kappa shape index (κ2) is 5.93. The van der Waals surface area contributed by atoms with Gasteiger partial charge in [-0.15, -0.1) is 0 Å². The lowest BCUT2D eigenvalue weighted by molar-refractivity contribution is -0.142. The molecule has 6 rings (SSSR count). The first-order valence-corrected chi connectivity index (χ1v) is 10.1. The first-order valence-electron chi connectivity index (χ1n) is 10.1. The molecule has 140 valence electrons. The van der Waals surface area contributed by atoms with E-state index in [1.54, 1.807) is 6.92 Å². The molecular weight excluding hydrogens is 334 g/mol. The summed E-state index contributed by atoms with van der Waals surface area (Å²) in [6.45, 7) is 5.05. The monoisotopic (exact) mass is 361 g/mol. The lowest BCUT2D eigenvalue weighted by Gasteiger charge is -2.64. The molecule has 2 heterocycles. The average molecular weight is 361 g/mol. The number of ketones is 1. The van der Waals surface area contributed by atoms with E-state index in [1.165, 1.54) is 16.7 Å². The molecule has 1 N–H and O–H groups in total. The zero-order valence-corrected chi connectivity index (χ0v) is 16.1. The summed E-state index contributed by atoms with van der Waals surface area (Å²) in [6.07, 6.45) is 3.01. The van der Waals surface area contributed by atoms with Gasteiger partial charge in [0.1, 0.15) is 11.5 Å². The average Bonchev–Trinajstić information content (AvgIpc) is 2.65. The molecule has 3 nitrogen and oxygen atoms in total. The van der Waals surface area contributed by atoms with Crippen molar-refractivity contribution in [2.45, 2.75) is 57.2 Å². The van der Waals surface area contributed by atoms with Crippen molar-refractivity contribution >= 4 is 5.78 Å². The third-order valence-electron chi connectivity index (χ3n) is 7.61. The Bertz CT molecular complexity index is 893. The molecule has 2 aromatic rings. The number of nitrogens with zero attached hydrogens (tertiary/aromatic N) is 1. The van der Waals surface area contributed by atoms with E-state index in [2.05, 4.69) is 48.2 Å². The van der Waals surface area contributed by atoms with Crippen LogP contribution in [0.1, 0.15) is 43.4 Å². The van der Waals surface area contributed by atoms with Gasteiger partial charge in [-0.2, -0.15) is 0 Å². The van der Waals surface area contributed by atoms with E-state index in [4.69, 9.17) is 0 Å². The van der Waals surface area contributed by atoms with Crippen LogP contribution in [0.15, 0.2) is 48.5 Å². The number of aromatic hydroxyl groups is 1. The van der Waals surface area contributed by atoms with Crippen LogP contribution in [0.5, 0.6) is 5.75 Å². The summed E-state index contributed by atoms with van der Waals surface area (Å²) in [5.41, 5.74) is 4.07. The molecule has 1 saturated carbocycles.